The predicted octanol–water partition coefficient (Wildman–Crippen LogP) is -2.41. The van der Waals surface area contributed by atoms with E-state index < -0.39 is 42.1 Å². The van der Waals surface area contributed by atoms with E-state index in [1.807, 2.05) is 4.98 Å². The molecule has 1 saturated heterocycles. The van der Waals surface area contributed by atoms with Crippen LogP contribution >= 0.6 is 16.3 Å². The molecule has 2 rings (SSSR count). The Morgan fingerprint density at radius 2 is 2.21 bits per heavy atom. The van der Waals surface area contributed by atoms with Crippen LogP contribution < -0.4 is 11.2 Å². The number of aromatic nitrogens is 2. The molecule has 0 saturated carbocycles. The first-order chi connectivity index (χ1) is 8.96. The Balaban J connectivity index is 2.55. The van der Waals surface area contributed by atoms with Crippen LogP contribution in [0.2, 0.25) is 0 Å². The Morgan fingerprint density at radius 1 is 1.53 bits per heavy atom. The van der Waals surface area contributed by atoms with Gasteiger partial charge in [-0.3, -0.25) is 13.6 Å². The minimum atomic E-state index is -2.09. The fourth-order valence-electron chi connectivity index (χ4n) is 1.88. The first kappa shape index (κ1) is 14.4. The van der Waals surface area contributed by atoms with Crippen molar-refractivity contribution in [3.63, 3.8) is 0 Å². The number of nitrogens with zero attached hydrogens (tertiary/aromatic N) is 1. The van der Waals surface area contributed by atoms with Gasteiger partial charge in [-0.2, -0.15) is 0 Å². The molecule has 0 spiro atoms. The van der Waals surface area contributed by atoms with E-state index in [0.717, 1.165) is 16.8 Å². The van der Waals surface area contributed by atoms with E-state index in [-0.39, 0.29) is 0 Å². The molecule has 0 radical (unpaired) electrons. The quantitative estimate of drug-likeness (QED) is 0.482. The number of hydrogen-bond donors (Lipinski definition) is 4. The molecule has 1 fully saturated rings. The Hall–Kier alpha value is -1.04. The van der Waals surface area contributed by atoms with Crippen LogP contribution in [-0.4, -0.2) is 49.8 Å². The number of nitrogens with one attached hydrogen (secondary N) is 1. The van der Waals surface area contributed by atoms with Crippen LogP contribution in [-0.2, 0) is 14.5 Å². The van der Waals surface area contributed by atoms with Crippen molar-refractivity contribution in [3.8, 4) is 0 Å². The van der Waals surface area contributed by atoms with Gasteiger partial charge in [0, 0.05) is 12.3 Å². The molecular weight excluding hydrogens is 328 g/mol. The van der Waals surface area contributed by atoms with Gasteiger partial charge in [0.15, 0.2) is 6.10 Å². The lowest BCUT2D eigenvalue weighted by Crippen LogP contribution is -2.51. The first-order valence-corrected chi connectivity index (χ1v) is 5.88. The van der Waals surface area contributed by atoms with Crippen molar-refractivity contribution in [2.75, 3.05) is 6.61 Å². The van der Waals surface area contributed by atoms with Gasteiger partial charge in [0.1, 0.15) is 28.5 Å². The van der Waals surface area contributed by atoms with Gasteiger partial charge >= 0.3 is 11.6 Å². The third-order valence-corrected chi connectivity index (χ3v) is 3.31. The van der Waals surface area contributed by atoms with Gasteiger partial charge in [-0.15, -0.1) is 0 Å². The summed E-state index contributed by atoms with van der Waals surface area (Å²) >= 11 is 2.62. The minimum absolute atomic E-state index is 0.589. The highest BCUT2D eigenvalue weighted by molar-refractivity contribution is 9.06. The summed E-state index contributed by atoms with van der Waals surface area (Å²) in [5, 5.41) is 28.7. The topological polar surface area (TPSA) is 134 Å². The number of H-pyrrole nitrogens is 1. The summed E-state index contributed by atoms with van der Waals surface area (Å²) in [5.41, 5.74) is -1.55. The maximum Gasteiger partial charge on any atom is 0.332 e. The molecule has 4 atom stereocenters. The van der Waals surface area contributed by atoms with Crippen LogP contribution in [0.4, 0.5) is 0 Å². The molecule has 9 nitrogen and oxygen atoms in total. The molecule has 4 N–H and O–H groups in total. The lowest BCUT2D eigenvalue weighted by Gasteiger charge is -2.29. The second-order valence-electron chi connectivity index (χ2n) is 3.96. The monoisotopic (exact) mass is 338 g/mol. The number of aliphatic hydroxyl groups is 3. The van der Waals surface area contributed by atoms with E-state index >= 15 is 0 Å². The average Bonchev–Trinajstić information content (AvgIpc) is 2.64. The zero-order chi connectivity index (χ0) is 14.2. The number of ether oxygens (including phenoxy) is 1. The van der Waals surface area contributed by atoms with Crippen LogP contribution in [0.25, 0.3) is 0 Å². The van der Waals surface area contributed by atoms with Crippen molar-refractivity contribution < 1.29 is 23.9 Å². The summed E-state index contributed by atoms with van der Waals surface area (Å²) in [5.74, 6) is -2.09. The SMILES string of the molecule is O=c1ccn([C@]2(OBr)O[C@H](CO)[C@@H](O)[C@H]2O)c(=O)[nH]1. The Morgan fingerprint density at radius 3 is 2.68 bits per heavy atom. The number of hydrogen-bond acceptors (Lipinski definition) is 7. The normalized spacial score (nSPS) is 34.6. The molecule has 1 aromatic rings. The zero-order valence-electron chi connectivity index (χ0n) is 9.39. The van der Waals surface area contributed by atoms with E-state index in [9.17, 15) is 19.8 Å². The summed E-state index contributed by atoms with van der Waals surface area (Å²) in [6, 6.07) is 1.02. The number of aromatic amines is 1. The smallest absolute Gasteiger partial charge is 0.332 e. The van der Waals surface area contributed by atoms with Gasteiger partial charge in [-0.1, -0.05) is 0 Å². The largest absolute Gasteiger partial charge is 0.394 e. The molecule has 106 valence electrons. The van der Waals surface area contributed by atoms with Crippen LogP contribution in [0.5, 0.6) is 0 Å². The van der Waals surface area contributed by atoms with Crippen molar-refractivity contribution in [3.05, 3.63) is 33.1 Å². The highest BCUT2D eigenvalue weighted by atomic mass is 79.9. The summed E-state index contributed by atoms with van der Waals surface area (Å²) in [7, 11) is 0. The summed E-state index contributed by atoms with van der Waals surface area (Å²) in [6.45, 7) is -0.589. The molecule has 2 heterocycles. The van der Waals surface area contributed by atoms with Crippen LogP contribution in [0.3, 0.4) is 0 Å². The number of halogens is 1. The Bertz CT molecular complexity index is 572. The van der Waals surface area contributed by atoms with Crippen molar-refractivity contribution in [2.24, 2.45) is 0 Å². The highest BCUT2D eigenvalue weighted by Gasteiger charge is 2.57. The van der Waals surface area contributed by atoms with Gasteiger partial charge < -0.3 is 20.1 Å². The van der Waals surface area contributed by atoms with E-state index in [1.165, 1.54) is 0 Å². The van der Waals surface area contributed by atoms with Crippen LogP contribution in [0.15, 0.2) is 21.9 Å². The molecule has 19 heavy (non-hydrogen) atoms. The lowest BCUT2D eigenvalue weighted by molar-refractivity contribution is -0.261. The highest BCUT2D eigenvalue weighted by Crippen LogP contribution is 2.37. The summed E-state index contributed by atoms with van der Waals surface area (Å²) in [4.78, 5) is 24.7. The fourth-order valence-corrected chi connectivity index (χ4v) is 2.31. The maximum atomic E-state index is 11.7. The molecule has 0 bridgehead atoms. The summed E-state index contributed by atoms with van der Waals surface area (Å²) in [6.07, 6.45) is -3.24. The van der Waals surface area contributed by atoms with Crippen molar-refractivity contribution in [1.29, 1.82) is 0 Å². The Kier molecular flexibility index (Phi) is 3.90. The molecule has 1 aliphatic heterocycles. The molecule has 0 aliphatic carbocycles. The van der Waals surface area contributed by atoms with E-state index in [1.54, 1.807) is 0 Å². The Labute approximate surface area is 114 Å². The summed E-state index contributed by atoms with van der Waals surface area (Å²) < 4.78 is 10.8. The maximum absolute atomic E-state index is 11.7. The second-order valence-corrected chi connectivity index (χ2v) is 4.29. The molecule has 0 aromatic carbocycles. The molecule has 0 unspecified atom stereocenters. The predicted molar refractivity (Wildman–Crippen MR) is 63.3 cm³/mol. The molecular formula is C9H11BrN2O7. The minimum Gasteiger partial charge on any atom is -0.394 e. The van der Waals surface area contributed by atoms with Crippen LogP contribution in [0, 0.1) is 0 Å². The third-order valence-electron chi connectivity index (χ3n) is 2.85. The fraction of sp³-hybridized carbons (Fsp3) is 0.556. The van der Waals surface area contributed by atoms with Gasteiger partial charge in [0.05, 0.1) is 6.61 Å². The standard InChI is InChI=1S/C9H11BrN2O7/c10-19-9(7(16)6(15)4(3-13)18-9)12-2-1-5(14)11-8(12)17/h1-2,4,6-7,13,15-16H,3H2,(H,11,14,17)/t4-,6-,7-,9+/m1/s1. The van der Waals surface area contributed by atoms with Gasteiger partial charge in [-0.25, -0.2) is 9.36 Å². The average molecular weight is 339 g/mol. The number of rotatable bonds is 3. The molecule has 1 aromatic heterocycles. The third kappa shape index (κ3) is 2.16. The van der Waals surface area contributed by atoms with Gasteiger partial charge in [0.2, 0.25) is 0 Å². The van der Waals surface area contributed by atoms with Crippen molar-refractivity contribution in [1.82, 2.24) is 9.55 Å². The first-order valence-electron chi connectivity index (χ1n) is 5.23. The van der Waals surface area contributed by atoms with E-state index in [0.29, 0.717) is 0 Å². The van der Waals surface area contributed by atoms with E-state index in [2.05, 4.69) is 16.3 Å². The van der Waals surface area contributed by atoms with E-state index in [4.69, 9.17) is 13.7 Å². The van der Waals surface area contributed by atoms with Crippen molar-refractivity contribution >= 4 is 16.3 Å². The molecule has 10 heteroatoms. The lowest BCUT2D eigenvalue weighted by atomic mass is 10.1. The zero-order valence-corrected chi connectivity index (χ0v) is 11.0. The molecule has 1 aliphatic rings. The van der Waals surface area contributed by atoms with Crippen LogP contribution in [0.1, 0.15) is 0 Å². The van der Waals surface area contributed by atoms with Gasteiger partial charge in [0.25, 0.3) is 5.56 Å². The van der Waals surface area contributed by atoms with Gasteiger partial charge in [-0.05, 0) is 0 Å². The van der Waals surface area contributed by atoms with Crippen molar-refractivity contribution in [2.45, 2.75) is 24.2 Å². The number of aliphatic hydroxyl groups excluding tert-OH is 3. The molecule has 0 amide bonds. The second kappa shape index (κ2) is 5.15.